The highest BCUT2D eigenvalue weighted by molar-refractivity contribution is 5.16. The number of ether oxygens (including phenoxy) is 1. The van der Waals surface area contributed by atoms with Gasteiger partial charge in [0, 0.05) is 32.7 Å². The molecule has 1 aromatic rings. The monoisotopic (exact) mass is 282 g/mol. The van der Waals surface area contributed by atoms with Gasteiger partial charge < -0.3 is 15.2 Å². The number of benzene rings is 1. The Balaban J connectivity index is 1.74. The molecule has 0 radical (unpaired) electrons. The first-order valence-electron chi connectivity index (χ1n) is 7.03. The summed E-state index contributed by atoms with van der Waals surface area (Å²) < 4.78 is 18.3. The fraction of sp³-hybridized carbons (Fsp3) is 0.600. The molecule has 112 valence electrons. The van der Waals surface area contributed by atoms with Crippen LogP contribution in [0, 0.1) is 5.82 Å². The number of nitrogens with one attached hydrogen (secondary N) is 1. The summed E-state index contributed by atoms with van der Waals surface area (Å²) in [6, 6.07) is 6.49. The number of β-amino-alcohol motifs (C(OH)–C–C–N with tert-alkyl or cyclic N) is 1. The van der Waals surface area contributed by atoms with Crippen molar-refractivity contribution in [3.8, 4) is 0 Å². The Morgan fingerprint density at radius 1 is 1.40 bits per heavy atom. The molecule has 1 atom stereocenters. The second kappa shape index (κ2) is 7.13. The quantitative estimate of drug-likeness (QED) is 0.817. The minimum atomic E-state index is -0.801. The summed E-state index contributed by atoms with van der Waals surface area (Å²) in [7, 11) is 0. The summed E-state index contributed by atoms with van der Waals surface area (Å²) in [5, 5.41) is 13.6. The maximum absolute atomic E-state index is 13.0. The van der Waals surface area contributed by atoms with Gasteiger partial charge in [-0.3, -0.25) is 4.90 Å². The van der Waals surface area contributed by atoms with E-state index in [0.717, 1.165) is 31.9 Å². The molecular formula is C15H23FN2O2. The molecule has 0 saturated carbocycles. The zero-order valence-electron chi connectivity index (χ0n) is 11.9. The molecule has 1 aliphatic heterocycles. The molecule has 1 aromatic carbocycles. The summed E-state index contributed by atoms with van der Waals surface area (Å²) in [5.41, 5.74) is 0.0807. The molecule has 0 amide bonds. The van der Waals surface area contributed by atoms with Crippen LogP contribution in [0.15, 0.2) is 24.3 Å². The molecule has 2 N–H and O–H groups in total. The van der Waals surface area contributed by atoms with Gasteiger partial charge in [-0.25, -0.2) is 4.39 Å². The Hall–Kier alpha value is -1.01. The highest BCUT2D eigenvalue weighted by Gasteiger charge is 2.24. The molecule has 1 heterocycles. The summed E-state index contributed by atoms with van der Waals surface area (Å²) in [5.74, 6) is -0.232. The second-order valence-electron chi connectivity index (χ2n) is 5.62. The predicted octanol–water partition coefficient (Wildman–Crippen LogP) is 0.998. The summed E-state index contributed by atoms with van der Waals surface area (Å²) in [6.45, 7) is 6.64. The van der Waals surface area contributed by atoms with Crippen LogP contribution in [0.25, 0.3) is 0 Å². The van der Waals surface area contributed by atoms with Gasteiger partial charge in [-0.1, -0.05) is 12.1 Å². The molecule has 0 aliphatic carbocycles. The number of morpholine rings is 1. The Labute approximate surface area is 119 Å². The maximum Gasteiger partial charge on any atom is 0.123 e. The molecule has 2 rings (SSSR count). The minimum Gasteiger partial charge on any atom is -0.388 e. The molecule has 0 bridgehead atoms. The van der Waals surface area contributed by atoms with E-state index in [1.54, 1.807) is 6.07 Å². The van der Waals surface area contributed by atoms with Crippen molar-refractivity contribution < 1.29 is 14.2 Å². The van der Waals surface area contributed by atoms with E-state index in [1.165, 1.54) is 12.1 Å². The van der Waals surface area contributed by atoms with E-state index >= 15 is 0 Å². The average Bonchev–Trinajstić information content (AvgIpc) is 2.39. The first kappa shape index (κ1) is 15.4. The summed E-state index contributed by atoms with van der Waals surface area (Å²) in [4.78, 5) is 2.20. The highest BCUT2D eigenvalue weighted by atomic mass is 19.1. The third-order valence-electron chi connectivity index (χ3n) is 3.39. The molecule has 1 fully saturated rings. The van der Waals surface area contributed by atoms with Crippen LogP contribution in [0.1, 0.15) is 12.5 Å². The van der Waals surface area contributed by atoms with Crippen LogP contribution in [0.4, 0.5) is 4.39 Å². The predicted molar refractivity (Wildman–Crippen MR) is 76.0 cm³/mol. The van der Waals surface area contributed by atoms with Crippen LogP contribution in [0.5, 0.6) is 0 Å². The molecule has 0 aromatic heterocycles. The van der Waals surface area contributed by atoms with E-state index in [-0.39, 0.29) is 5.82 Å². The van der Waals surface area contributed by atoms with E-state index in [1.807, 2.05) is 13.0 Å². The molecule has 4 nitrogen and oxygen atoms in total. The third kappa shape index (κ3) is 5.17. The van der Waals surface area contributed by atoms with Crippen molar-refractivity contribution in [2.24, 2.45) is 0 Å². The van der Waals surface area contributed by atoms with Crippen LogP contribution in [-0.4, -0.2) is 55.0 Å². The van der Waals surface area contributed by atoms with E-state index in [4.69, 9.17) is 4.74 Å². The van der Waals surface area contributed by atoms with Gasteiger partial charge in [0.05, 0.1) is 18.8 Å². The largest absolute Gasteiger partial charge is 0.388 e. The lowest BCUT2D eigenvalue weighted by Crippen LogP contribution is -2.50. The minimum absolute atomic E-state index is 0.232. The lowest BCUT2D eigenvalue weighted by Gasteiger charge is -2.34. The standard InChI is InChI=1S/C15H23FN2O2/c1-15(19,12-18-5-7-20-8-6-18)11-17-10-13-3-2-4-14(16)9-13/h2-4,9,17,19H,5-8,10-12H2,1H3. The third-order valence-corrected chi connectivity index (χ3v) is 3.39. The van der Waals surface area contributed by atoms with Crippen LogP contribution < -0.4 is 5.32 Å². The number of nitrogens with zero attached hydrogens (tertiary/aromatic N) is 1. The van der Waals surface area contributed by atoms with Gasteiger partial charge in [-0.2, -0.15) is 0 Å². The van der Waals surface area contributed by atoms with E-state index in [2.05, 4.69) is 10.2 Å². The van der Waals surface area contributed by atoms with Crippen molar-refractivity contribution in [1.29, 1.82) is 0 Å². The smallest absolute Gasteiger partial charge is 0.123 e. The SMILES string of the molecule is CC(O)(CNCc1cccc(F)c1)CN1CCOCC1. The van der Waals surface area contributed by atoms with Crippen molar-refractivity contribution in [1.82, 2.24) is 10.2 Å². The topological polar surface area (TPSA) is 44.7 Å². The van der Waals surface area contributed by atoms with Crippen molar-refractivity contribution in [2.45, 2.75) is 19.1 Å². The maximum atomic E-state index is 13.0. The first-order chi connectivity index (χ1) is 9.55. The lowest BCUT2D eigenvalue weighted by molar-refractivity contribution is -0.0219. The van der Waals surface area contributed by atoms with Gasteiger partial charge in [0.25, 0.3) is 0 Å². The van der Waals surface area contributed by atoms with E-state index in [9.17, 15) is 9.50 Å². The molecule has 1 saturated heterocycles. The van der Waals surface area contributed by atoms with Crippen molar-refractivity contribution in [2.75, 3.05) is 39.4 Å². The molecule has 20 heavy (non-hydrogen) atoms. The Bertz CT molecular complexity index is 420. The average molecular weight is 282 g/mol. The Morgan fingerprint density at radius 3 is 2.85 bits per heavy atom. The van der Waals surface area contributed by atoms with Crippen molar-refractivity contribution >= 4 is 0 Å². The molecule has 1 unspecified atom stereocenters. The summed E-state index contributed by atoms with van der Waals surface area (Å²) in [6.07, 6.45) is 0. The fourth-order valence-electron chi connectivity index (χ4n) is 2.42. The zero-order chi connectivity index (χ0) is 14.4. The normalized spacial score (nSPS) is 19.8. The van der Waals surface area contributed by atoms with Crippen molar-refractivity contribution in [3.63, 3.8) is 0 Å². The van der Waals surface area contributed by atoms with Crippen LogP contribution in [-0.2, 0) is 11.3 Å². The number of hydrogen-bond donors (Lipinski definition) is 2. The van der Waals surface area contributed by atoms with Gasteiger partial charge in [0.15, 0.2) is 0 Å². The van der Waals surface area contributed by atoms with Crippen LogP contribution >= 0.6 is 0 Å². The molecule has 5 heteroatoms. The number of halogens is 1. The second-order valence-corrected chi connectivity index (χ2v) is 5.62. The molecule has 0 spiro atoms. The molecular weight excluding hydrogens is 259 g/mol. The van der Waals surface area contributed by atoms with Gasteiger partial charge in [-0.05, 0) is 24.6 Å². The van der Waals surface area contributed by atoms with Crippen LogP contribution in [0.2, 0.25) is 0 Å². The van der Waals surface area contributed by atoms with Gasteiger partial charge in [-0.15, -0.1) is 0 Å². The van der Waals surface area contributed by atoms with Crippen molar-refractivity contribution in [3.05, 3.63) is 35.6 Å². The number of aliphatic hydroxyl groups is 1. The van der Waals surface area contributed by atoms with Gasteiger partial charge in [0.1, 0.15) is 5.82 Å². The van der Waals surface area contributed by atoms with Gasteiger partial charge >= 0.3 is 0 Å². The Kier molecular flexibility index (Phi) is 5.48. The Morgan fingerprint density at radius 2 is 2.15 bits per heavy atom. The van der Waals surface area contributed by atoms with E-state index < -0.39 is 5.60 Å². The fourth-order valence-corrected chi connectivity index (χ4v) is 2.42. The lowest BCUT2D eigenvalue weighted by atomic mass is 10.1. The number of rotatable bonds is 6. The first-order valence-corrected chi connectivity index (χ1v) is 7.03. The highest BCUT2D eigenvalue weighted by Crippen LogP contribution is 2.08. The zero-order valence-corrected chi connectivity index (χ0v) is 11.9. The molecule has 1 aliphatic rings. The van der Waals surface area contributed by atoms with Gasteiger partial charge in [0.2, 0.25) is 0 Å². The summed E-state index contributed by atoms with van der Waals surface area (Å²) >= 11 is 0. The number of hydrogen-bond acceptors (Lipinski definition) is 4. The van der Waals surface area contributed by atoms with E-state index in [0.29, 0.717) is 19.6 Å². The van der Waals surface area contributed by atoms with Crippen LogP contribution in [0.3, 0.4) is 0 Å².